The highest BCUT2D eigenvalue weighted by atomic mass is 16.2. The monoisotopic (exact) mass is 215 g/mol. The first-order valence-corrected chi connectivity index (χ1v) is 5.05. The summed E-state index contributed by atoms with van der Waals surface area (Å²) in [5.74, 6) is -0.150. The molecule has 1 N–H and O–H groups in total. The predicted octanol–water partition coefficient (Wildman–Crippen LogP) is 2.07. The third-order valence-corrected chi connectivity index (χ3v) is 2.10. The van der Waals surface area contributed by atoms with E-state index in [4.69, 9.17) is 0 Å². The zero-order valence-corrected chi connectivity index (χ0v) is 9.27. The normalized spacial score (nSPS) is 10.1. The summed E-state index contributed by atoms with van der Waals surface area (Å²) in [6, 6.07) is 7.63. The van der Waals surface area contributed by atoms with Crippen molar-refractivity contribution in [3.63, 3.8) is 0 Å². The molecule has 16 heavy (non-hydrogen) atoms. The molecule has 4 heteroatoms. The Kier molecular flexibility index (Phi) is 2.72. The molecule has 1 heterocycles. The predicted molar refractivity (Wildman–Crippen MR) is 63.5 cm³/mol. The van der Waals surface area contributed by atoms with Gasteiger partial charge < -0.3 is 0 Å². The minimum atomic E-state index is -0.150. The van der Waals surface area contributed by atoms with Crippen LogP contribution < -0.4 is 5.43 Å². The van der Waals surface area contributed by atoms with Gasteiger partial charge in [0, 0.05) is 6.08 Å². The van der Waals surface area contributed by atoms with Gasteiger partial charge in [0.25, 0.3) is 5.91 Å². The van der Waals surface area contributed by atoms with Crippen molar-refractivity contribution in [1.29, 1.82) is 0 Å². The second kappa shape index (κ2) is 4.18. The smallest absolute Gasteiger partial charge is 0.262 e. The largest absolute Gasteiger partial charge is 0.268 e. The van der Waals surface area contributed by atoms with E-state index in [-0.39, 0.29) is 5.91 Å². The number of benzene rings is 1. The highest BCUT2D eigenvalue weighted by molar-refractivity contribution is 5.95. The number of fused-ring (bicyclic) bond motifs is 1. The summed E-state index contributed by atoms with van der Waals surface area (Å²) in [6.45, 7) is 3.76. The first-order chi connectivity index (χ1) is 7.66. The molecular formula is C12H13N3O. The van der Waals surface area contributed by atoms with Crippen molar-refractivity contribution in [2.45, 2.75) is 13.8 Å². The van der Waals surface area contributed by atoms with Crippen LogP contribution in [-0.2, 0) is 4.79 Å². The van der Waals surface area contributed by atoms with Crippen LogP contribution in [-0.4, -0.2) is 15.6 Å². The molecule has 1 amide bonds. The lowest BCUT2D eigenvalue weighted by Gasteiger charge is -2.04. The Morgan fingerprint density at radius 2 is 2.12 bits per heavy atom. The van der Waals surface area contributed by atoms with Crippen molar-refractivity contribution in [2.24, 2.45) is 0 Å². The quantitative estimate of drug-likeness (QED) is 0.779. The van der Waals surface area contributed by atoms with E-state index in [9.17, 15) is 4.79 Å². The standard InChI is InChI=1S/C12H13N3O/c1-9(2)7-12(16)14-15-8-13-10-5-3-4-6-11(10)15/h3-8H,1-2H3,(H,14,16). The number of para-hydroxylation sites is 2. The first kappa shape index (κ1) is 10.4. The average Bonchev–Trinajstić information content (AvgIpc) is 2.61. The van der Waals surface area contributed by atoms with Gasteiger partial charge in [-0.25, -0.2) is 9.66 Å². The Bertz CT molecular complexity index is 550. The van der Waals surface area contributed by atoms with Crippen LogP contribution in [0.1, 0.15) is 13.8 Å². The topological polar surface area (TPSA) is 46.9 Å². The molecule has 1 aromatic heterocycles. The van der Waals surface area contributed by atoms with Crippen LogP contribution in [0.15, 0.2) is 42.2 Å². The molecule has 0 saturated carbocycles. The van der Waals surface area contributed by atoms with Crippen molar-refractivity contribution in [3.8, 4) is 0 Å². The number of rotatable bonds is 2. The van der Waals surface area contributed by atoms with Gasteiger partial charge in [0.05, 0.1) is 11.0 Å². The number of carbonyl (C=O) groups is 1. The lowest BCUT2D eigenvalue weighted by Crippen LogP contribution is -2.19. The number of hydrogen-bond acceptors (Lipinski definition) is 2. The molecular weight excluding hydrogens is 202 g/mol. The third-order valence-electron chi connectivity index (χ3n) is 2.10. The molecule has 0 aliphatic rings. The molecule has 0 fully saturated rings. The van der Waals surface area contributed by atoms with Gasteiger partial charge in [-0.1, -0.05) is 17.7 Å². The lowest BCUT2D eigenvalue weighted by molar-refractivity contribution is -0.112. The van der Waals surface area contributed by atoms with Crippen molar-refractivity contribution < 1.29 is 4.79 Å². The van der Waals surface area contributed by atoms with Crippen molar-refractivity contribution in [3.05, 3.63) is 42.2 Å². The van der Waals surface area contributed by atoms with E-state index in [1.807, 2.05) is 38.1 Å². The molecule has 0 radical (unpaired) electrons. The second-order valence-corrected chi connectivity index (χ2v) is 3.80. The Morgan fingerprint density at radius 1 is 1.38 bits per heavy atom. The van der Waals surface area contributed by atoms with Crippen LogP contribution in [0.4, 0.5) is 0 Å². The Labute approximate surface area is 93.6 Å². The van der Waals surface area contributed by atoms with E-state index in [1.54, 1.807) is 17.1 Å². The highest BCUT2D eigenvalue weighted by Gasteiger charge is 2.02. The van der Waals surface area contributed by atoms with Crippen LogP contribution in [0.5, 0.6) is 0 Å². The van der Waals surface area contributed by atoms with Crippen LogP contribution >= 0.6 is 0 Å². The van der Waals surface area contributed by atoms with Crippen molar-refractivity contribution in [1.82, 2.24) is 9.66 Å². The Hall–Kier alpha value is -2.10. The summed E-state index contributed by atoms with van der Waals surface area (Å²) >= 11 is 0. The maximum Gasteiger partial charge on any atom is 0.262 e. The summed E-state index contributed by atoms with van der Waals surface area (Å²) in [5.41, 5.74) is 5.44. The molecule has 4 nitrogen and oxygen atoms in total. The first-order valence-electron chi connectivity index (χ1n) is 5.05. The SMILES string of the molecule is CC(C)=CC(=O)Nn1cnc2ccccc21. The number of nitrogens with zero attached hydrogens (tertiary/aromatic N) is 2. The number of nitrogens with one attached hydrogen (secondary N) is 1. The molecule has 1 aromatic carbocycles. The summed E-state index contributed by atoms with van der Waals surface area (Å²) in [4.78, 5) is 15.7. The van der Waals surface area contributed by atoms with E-state index in [0.29, 0.717) is 0 Å². The molecule has 0 aliphatic carbocycles. The fraction of sp³-hybridized carbons (Fsp3) is 0.167. The zero-order chi connectivity index (χ0) is 11.5. The van der Waals surface area contributed by atoms with Gasteiger partial charge >= 0.3 is 0 Å². The van der Waals surface area contributed by atoms with Gasteiger partial charge in [-0.15, -0.1) is 0 Å². The number of hydrogen-bond donors (Lipinski definition) is 1. The molecule has 0 bridgehead atoms. The number of carbonyl (C=O) groups excluding carboxylic acids is 1. The van der Waals surface area contributed by atoms with Gasteiger partial charge in [-0.2, -0.15) is 0 Å². The molecule has 2 rings (SSSR count). The molecule has 82 valence electrons. The summed E-state index contributed by atoms with van der Waals surface area (Å²) < 4.78 is 1.62. The fourth-order valence-corrected chi connectivity index (χ4v) is 1.46. The van der Waals surface area contributed by atoms with Crippen molar-refractivity contribution in [2.75, 3.05) is 5.43 Å². The zero-order valence-electron chi connectivity index (χ0n) is 9.27. The Balaban J connectivity index is 2.28. The van der Waals surface area contributed by atoms with E-state index in [1.165, 1.54) is 0 Å². The van der Waals surface area contributed by atoms with Crippen LogP contribution in [0.2, 0.25) is 0 Å². The molecule has 2 aromatic rings. The van der Waals surface area contributed by atoms with Gasteiger partial charge in [0.2, 0.25) is 0 Å². The van der Waals surface area contributed by atoms with Crippen LogP contribution in [0.25, 0.3) is 11.0 Å². The van der Waals surface area contributed by atoms with Gasteiger partial charge in [-0.3, -0.25) is 10.2 Å². The summed E-state index contributed by atoms with van der Waals surface area (Å²) in [7, 11) is 0. The van der Waals surface area contributed by atoms with Gasteiger partial charge in [-0.05, 0) is 26.0 Å². The highest BCUT2D eigenvalue weighted by Crippen LogP contribution is 2.09. The van der Waals surface area contributed by atoms with Crippen LogP contribution in [0, 0.1) is 0 Å². The lowest BCUT2D eigenvalue weighted by atomic mass is 10.3. The summed E-state index contributed by atoms with van der Waals surface area (Å²) in [5, 5.41) is 0. The van der Waals surface area contributed by atoms with E-state index < -0.39 is 0 Å². The number of imidazole rings is 1. The molecule has 0 atom stereocenters. The average molecular weight is 215 g/mol. The van der Waals surface area contributed by atoms with Gasteiger partial charge in [0.1, 0.15) is 6.33 Å². The molecule has 0 saturated heterocycles. The minimum Gasteiger partial charge on any atom is -0.268 e. The fourth-order valence-electron chi connectivity index (χ4n) is 1.46. The Morgan fingerprint density at radius 3 is 2.88 bits per heavy atom. The van der Waals surface area contributed by atoms with E-state index in [0.717, 1.165) is 16.6 Å². The summed E-state index contributed by atoms with van der Waals surface area (Å²) in [6.07, 6.45) is 3.15. The van der Waals surface area contributed by atoms with E-state index in [2.05, 4.69) is 10.4 Å². The second-order valence-electron chi connectivity index (χ2n) is 3.80. The maximum atomic E-state index is 11.5. The third kappa shape index (κ3) is 2.11. The molecule has 0 aliphatic heterocycles. The maximum absolute atomic E-state index is 11.5. The minimum absolute atomic E-state index is 0.150. The van der Waals surface area contributed by atoms with Gasteiger partial charge in [0.15, 0.2) is 0 Å². The van der Waals surface area contributed by atoms with Crippen LogP contribution in [0.3, 0.4) is 0 Å². The van der Waals surface area contributed by atoms with Crippen molar-refractivity contribution >= 4 is 16.9 Å². The number of aromatic nitrogens is 2. The molecule has 0 spiro atoms. The number of amides is 1. The number of allylic oxidation sites excluding steroid dienone is 1. The van der Waals surface area contributed by atoms with E-state index >= 15 is 0 Å². The molecule has 0 unspecified atom stereocenters.